The molecule has 0 atom stereocenters. The van der Waals surface area contributed by atoms with Crippen molar-refractivity contribution in [1.29, 1.82) is 0 Å². The van der Waals surface area contributed by atoms with Crippen molar-refractivity contribution in [3.8, 4) is 5.75 Å². The van der Waals surface area contributed by atoms with E-state index in [9.17, 15) is 28.1 Å². The summed E-state index contributed by atoms with van der Waals surface area (Å²) in [5.41, 5.74) is 1.05. The molecule has 0 aromatic heterocycles. The van der Waals surface area contributed by atoms with Gasteiger partial charge in [-0.15, -0.1) is 0 Å². The van der Waals surface area contributed by atoms with Crippen LogP contribution in [-0.4, -0.2) is 30.2 Å². The number of nitrogens with one attached hydrogen (secondary N) is 1. The molecular weight excluding hydrogens is 381 g/mol. The smallest absolute Gasteiger partial charge is 0.411 e. The summed E-state index contributed by atoms with van der Waals surface area (Å²) < 4.78 is 45.8. The Morgan fingerprint density at radius 1 is 1.07 bits per heavy atom. The van der Waals surface area contributed by atoms with Crippen LogP contribution in [0, 0.1) is 10.1 Å². The minimum Gasteiger partial charge on any atom is -0.477 e. The Kier molecular flexibility index (Phi) is 7.33. The van der Waals surface area contributed by atoms with Gasteiger partial charge in [-0.2, -0.15) is 13.2 Å². The first-order valence-corrected chi connectivity index (χ1v) is 8.10. The van der Waals surface area contributed by atoms with E-state index in [0.29, 0.717) is 5.56 Å². The van der Waals surface area contributed by atoms with Gasteiger partial charge in [-0.3, -0.25) is 14.9 Å². The number of para-hydroxylation sites is 2. The average molecular weight is 398 g/mol. The second-order valence-corrected chi connectivity index (χ2v) is 5.71. The number of nitro groups is 1. The molecule has 0 radical (unpaired) electrons. The van der Waals surface area contributed by atoms with Crippen molar-refractivity contribution >= 4 is 11.6 Å². The van der Waals surface area contributed by atoms with Gasteiger partial charge in [0.1, 0.15) is 6.61 Å². The second-order valence-electron chi connectivity index (χ2n) is 5.71. The molecule has 0 aliphatic carbocycles. The third-order valence-corrected chi connectivity index (χ3v) is 3.47. The fourth-order valence-electron chi connectivity index (χ4n) is 2.16. The van der Waals surface area contributed by atoms with Gasteiger partial charge in [0.25, 0.3) is 5.91 Å². The molecule has 0 aliphatic rings. The Morgan fingerprint density at radius 2 is 1.71 bits per heavy atom. The SMILES string of the molecule is O=C(COc1ccccc1[N+](=O)[O-])NCc1ccc(COCC(F)(F)F)cc1. The highest BCUT2D eigenvalue weighted by Crippen LogP contribution is 2.25. The maximum absolute atomic E-state index is 12.0. The van der Waals surface area contributed by atoms with Crippen LogP contribution in [0.25, 0.3) is 0 Å². The number of hydrogen-bond donors (Lipinski definition) is 1. The summed E-state index contributed by atoms with van der Waals surface area (Å²) in [4.78, 5) is 22.1. The van der Waals surface area contributed by atoms with Crippen molar-refractivity contribution in [2.75, 3.05) is 13.2 Å². The molecule has 0 bridgehead atoms. The lowest BCUT2D eigenvalue weighted by Crippen LogP contribution is -2.28. The molecule has 1 amide bonds. The first-order chi connectivity index (χ1) is 13.2. The number of halogens is 3. The molecule has 2 aromatic carbocycles. The molecule has 0 unspecified atom stereocenters. The quantitative estimate of drug-likeness (QED) is 0.517. The molecule has 28 heavy (non-hydrogen) atoms. The lowest BCUT2D eigenvalue weighted by molar-refractivity contribution is -0.385. The fourth-order valence-corrected chi connectivity index (χ4v) is 2.16. The first-order valence-electron chi connectivity index (χ1n) is 8.10. The Bertz CT molecular complexity index is 810. The Morgan fingerprint density at radius 3 is 2.36 bits per heavy atom. The van der Waals surface area contributed by atoms with Crippen LogP contribution in [0.15, 0.2) is 48.5 Å². The average Bonchev–Trinajstić information content (AvgIpc) is 2.65. The molecule has 10 heteroatoms. The normalized spacial score (nSPS) is 11.1. The molecule has 0 spiro atoms. The minimum absolute atomic E-state index is 0.00846. The summed E-state index contributed by atoms with van der Waals surface area (Å²) in [6.45, 7) is -1.71. The molecule has 1 N–H and O–H groups in total. The molecule has 0 saturated heterocycles. The van der Waals surface area contributed by atoms with Crippen LogP contribution in [0.1, 0.15) is 11.1 Å². The Hall–Kier alpha value is -3.14. The highest BCUT2D eigenvalue weighted by molar-refractivity contribution is 5.77. The van der Waals surface area contributed by atoms with E-state index in [1.807, 2.05) is 0 Å². The molecule has 2 aromatic rings. The zero-order valence-corrected chi connectivity index (χ0v) is 14.6. The summed E-state index contributed by atoms with van der Waals surface area (Å²) >= 11 is 0. The van der Waals surface area contributed by atoms with Crippen molar-refractivity contribution in [1.82, 2.24) is 5.32 Å². The second kappa shape index (κ2) is 9.70. The van der Waals surface area contributed by atoms with E-state index in [0.717, 1.165) is 5.56 Å². The molecule has 2 rings (SSSR count). The third kappa shape index (κ3) is 7.23. The van der Waals surface area contributed by atoms with E-state index in [1.165, 1.54) is 18.2 Å². The van der Waals surface area contributed by atoms with E-state index < -0.39 is 30.2 Å². The number of rotatable bonds is 9. The lowest BCUT2D eigenvalue weighted by Gasteiger charge is -2.09. The van der Waals surface area contributed by atoms with Crippen LogP contribution >= 0.6 is 0 Å². The van der Waals surface area contributed by atoms with Gasteiger partial charge in [0, 0.05) is 12.6 Å². The summed E-state index contributed by atoms with van der Waals surface area (Å²) in [6, 6.07) is 12.2. The predicted molar refractivity (Wildman–Crippen MR) is 92.6 cm³/mol. The summed E-state index contributed by atoms with van der Waals surface area (Å²) in [5.74, 6) is -0.485. The zero-order valence-electron chi connectivity index (χ0n) is 14.6. The number of carbonyl (C=O) groups is 1. The van der Waals surface area contributed by atoms with E-state index in [-0.39, 0.29) is 24.6 Å². The van der Waals surface area contributed by atoms with E-state index in [1.54, 1.807) is 30.3 Å². The number of nitro benzene ring substituents is 1. The van der Waals surface area contributed by atoms with Crippen LogP contribution in [0.3, 0.4) is 0 Å². The number of alkyl halides is 3. The van der Waals surface area contributed by atoms with Crippen LogP contribution < -0.4 is 10.1 Å². The van der Waals surface area contributed by atoms with Gasteiger partial charge in [0.15, 0.2) is 12.4 Å². The summed E-state index contributed by atoms with van der Waals surface area (Å²) in [6.07, 6.45) is -4.37. The standard InChI is InChI=1S/C18H17F3N2O5/c19-18(20,21)12-27-10-14-7-5-13(6-8-14)9-22-17(24)11-28-16-4-2-1-3-15(16)23(25)26/h1-8H,9-12H2,(H,22,24). The number of benzene rings is 2. The van der Waals surface area contributed by atoms with Gasteiger partial charge < -0.3 is 14.8 Å². The Balaban J connectivity index is 1.76. The first kappa shape index (κ1) is 21.2. The van der Waals surface area contributed by atoms with Gasteiger partial charge in [0.05, 0.1) is 11.5 Å². The molecule has 150 valence electrons. The van der Waals surface area contributed by atoms with E-state index in [2.05, 4.69) is 10.1 Å². The number of carbonyl (C=O) groups excluding carboxylic acids is 1. The maximum Gasteiger partial charge on any atom is 0.411 e. The molecular formula is C18H17F3N2O5. The topological polar surface area (TPSA) is 90.7 Å². The van der Waals surface area contributed by atoms with Gasteiger partial charge in [-0.1, -0.05) is 36.4 Å². The fraction of sp³-hybridized carbons (Fsp3) is 0.278. The van der Waals surface area contributed by atoms with Crippen LogP contribution in [-0.2, 0) is 22.7 Å². The highest BCUT2D eigenvalue weighted by atomic mass is 19.4. The van der Waals surface area contributed by atoms with Gasteiger partial charge >= 0.3 is 11.9 Å². The maximum atomic E-state index is 12.0. The van der Waals surface area contributed by atoms with Gasteiger partial charge in [-0.25, -0.2) is 0 Å². The van der Waals surface area contributed by atoms with Crippen molar-refractivity contribution < 1.29 is 32.4 Å². The number of nitrogens with zero attached hydrogens (tertiary/aromatic N) is 1. The number of hydrogen-bond acceptors (Lipinski definition) is 5. The molecule has 0 heterocycles. The number of ether oxygens (including phenoxy) is 2. The van der Waals surface area contributed by atoms with Crippen LogP contribution in [0.5, 0.6) is 5.75 Å². The highest BCUT2D eigenvalue weighted by Gasteiger charge is 2.27. The van der Waals surface area contributed by atoms with Crippen molar-refractivity contribution in [2.45, 2.75) is 19.3 Å². The molecule has 0 fully saturated rings. The third-order valence-electron chi connectivity index (χ3n) is 3.47. The van der Waals surface area contributed by atoms with Crippen molar-refractivity contribution in [2.24, 2.45) is 0 Å². The van der Waals surface area contributed by atoms with Crippen molar-refractivity contribution in [3.63, 3.8) is 0 Å². The largest absolute Gasteiger partial charge is 0.477 e. The lowest BCUT2D eigenvalue weighted by atomic mass is 10.1. The Labute approximate surface area is 158 Å². The predicted octanol–water partition coefficient (Wildman–Crippen LogP) is 3.37. The van der Waals surface area contributed by atoms with E-state index >= 15 is 0 Å². The zero-order chi connectivity index (χ0) is 20.6. The number of amides is 1. The van der Waals surface area contributed by atoms with Gasteiger partial charge in [-0.05, 0) is 17.2 Å². The molecule has 0 aliphatic heterocycles. The van der Waals surface area contributed by atoms with Crippen LogP contribution in [0.2, 0.25) is 0 Å². The summed E-state index contributed by atoms with van der Waals surface area (Å²) in [5, 5.41) is 13.5. The van der Waals surface area contributed by atoms with Crippen molar-refractivity contribution in [3.05, 3.63) is 69.8 Å². The minimum atomic E-state index is -4.37. The summed E-state index contributed by atoms with van der Waals surface area (Å²) in [7, 11) is 0. The molecule has 0 saturated carbocycles. The monoisotopic (exact) mass is 398 g/mol. The van der Waals surface area contributed by atoms with Gasteiger partial charge in [0.2, 0.25) is 0 Å². The van der Waals surface area contributed by atoms with Crippen LogP contribution in [0.4, 0.5) is 18.9 Å². The molecule has 7 nitrogen and oxygen atoms in total. The van der Waals surface area contributed by atoms with E-state index in [4.69, 9.17) is 4.74 Å².